The van der Waals surface area contributed by atoms with Crippen LogP contribution in [0.2, 0.25) is 0 Å². The summed E-state index contributed by atoms with van der Waals surface area (Å²) in [5, 5.41) is -0.565. The molecule has 2 radical (unpaired) electrons. The van der Waals surface area contributed by atoms with Gasteiger partial charge >= 0.3 is 10.9 Å². The van der Waals surface area contributed by atoms with Crippen molar-refractivity contribution >= 4 is 41.9 Å². The van der Waals surface area contributed by atoms with E-state index in [0.717, 1.165) is 57.6 Å². The van der Waals surface area contributed by atoms with Gasteiger partial charge in [0.1, 0.15) is 18.1 Å². The van der Waals surface area contributed by atoms with E-state index in [0.29, 0.717) is 39.6 Å². The van der Waals surface area contributed by atoms with Gasteiger partial charge in [-0.3, -0.25) is 0 Å². The third kappa shape index (κ3) is 3.80. The van der Waals surface area contributed by atoms with Crippen molar-refractivity contribution in [1.29, 1.82) is 0 Å². The van der Waals surface area contributed by atoms with Gasteiger partial charge in [0.2, 0.25) is 11.5 Å². The first-order valence-corrected chi connectivity index (χ1v) is 14.2. The van der Waals surface area contributed by atoms with Crippen molar-refractivity contribution in [2.45, 2.75) is 45.3 Å². The minimum Gasteiger partial charge on any atom is -0.485 e. The van der Waals surface area contributed by atoms with Gasteiger partial charge in [-0.05, 0) is 5.31 Å². The highest BCUT2D eigenvalue weighted by molar-refractivity contribution is 7.22. The second-order valence-electron chi connectivity index (χ2n) is 10.3. The van der Waals surface area contributed by atoms with Crippen molar-refractivity contribution < 1.29 is 18.9 Å². The van der Waals surface area contributed by atoms with Crippen LogP contribution in [0.25, 0.3) is 9.75 Å². The predicted molar refractivity (Wildman–Crippen MR) is 143 cm³/mol. The average molecular weight is 530 g/mol. The summed E-state index contributed by atoms with van der Waals surface area (Å²) in [4.78, 5) is 4.14. The van der Waals surface area contributed by atoms with E-state index in [2.05, 4.69) is 20.8 Å². The maximum atomic E-state index is 6.52. The second-order valence-corrected chi connectivity index (χ2v) is 13.4. The minimum absolute atomic E-state index is 0.0785. The maximum Gasteiger partial charge on any atom is 0.405 e. The monoisotopic (exact) mass is 530 g/mol. The molecule has 182 valence electrons. The third-order valence-corrected chi connectivity index (χ3v) is 10.4. The summed E-state index contributed by atoms with van der Waals surface area (Å²) in [6.07, 6.45) is 0. The molecule has 0 fully saturated rings. The summed E-state index contributed by atoms with van der Waals surface area (Å²) < 4.78 is 38.8. The van der Waals surface area contributed by atoms with Gasteiger partial charge in [-0.2, -0.15) is 0 Å². The Labute approximate surface area is 216 Å². The molecular weight excluding hydrogens is 503 g/mol. The molecule has 10 heteroatoms. The lowest BCUT2D eigenvalue weighted by molar-refractivity contribution is 0.171. The van der Waals surface area contributed by atoms with Crippen molar-refractivity contribution in [2.24, 2.45) is 0 Å². The summed E-state index contributed by atoms with van der Waals surface area (Å²) in [6.45, 7) is 13.6. The lowest BCUT2D eigenvalue weighted by Crippen LogP contribution is -2.23. The maximum absolute atomic E-state index is 6.52. The van der Waals surface area contributed by atoms with E-state index in [1.807, 2.05) is 13.8 Å². The van der Waals surface area contributed by atoms with Crippen LogP contribution in [0.5, 0.6) is 23.0 Å². The molecule has 0 aliphatic carbocycles. The normalized spacial score (nSPS) is 18.0. The molecule has 0 aromatic carbocycles. The zero-order valence-corrected chi connectivity index (χ0v) is 22.9. The standard InChI is InChI=1S/C25H27BO6S3/c1-24(2,3)22-16-14(29-8-10-31-16)20(34-22)18-12-13(28-7-6-27-12)19(33-18)21-15-17(32-11-9-30-15)23(35-21)25(4,5)26/h6-11H2,1-5H3/q+2. The van der Waals surface area contributed by atoms with Crippen LogP contribution in [-0.4, -0.2) is 47.5 Å². The molecule has 3 aromatic heterocycles. The fourth-order valence-corrected chi connectivity index (χ4v) is 8.26. The summed E-state index contributed by atoms with van der Waals surface area (Å²) in [7, 11) is 6.52. The molecule has 0 saturated heterocycles. The van der Waals surface area contributed by atoms with Crippen molar-refractivity contribution in [1.82, 2.24) is 0 Å². The predicted octanol–water partition coefficient (Wildman–Crippen LogP) is 4.31. The van der Waals surface area contributed by atoms with E-state index in [1.54, 1.807) is 34.0 Å². The average Bonchev–Trinajstić information content (AvgIpc) is 3.50. The summed E-state index contributed by atoms with van der Waals surface area (Å²) in [5.74, 6) is 3.14. The Morgan fingerprint density at radius 2 is 1.17 bits per heavy atom. The molecule has 0 saturated carbocycles. The number of fused-ring (bicyclic) bond motifs is 3. The van der Waals surface area contributed by atoms with Crippen molar-refractivity contribution in [3.05, 3.63) is 38.5 Å². The fourth-order valence-electron chi connectivity index (χ4n) is 4.37. The van der Waals surface area contributed by atoms with Crippen LogP contribution < -0.4 is 29.8 Å². The van der Waals surface area contributed by atoms with Crippen LogP contribution in [0.1, 0.15) is 44.4 Å². The molecule has 0 spiro atoms. The van der Waals surface area contributed by atoms with Crippen molar-refractivity contribution in [3.63, 3.8) is 0 Å². The highest BCUT2D eigenvalue weighted by Gasteiger charge is 2.37. The van der Waals surface area contributed by atoms with E-state index < -0.39 is 5.31 Å². The summed E-state index contributed by atoms with van der Waals surface area (Å²) in [6, 6.07) is 0. The molecule has 3 aliphatic heterocycles. The van der Waals surface area contributed by atoms with E-state index in [4.69, 9.17) is 35.6 Å². The Hall–Kier alpha value is -2.04. The highest BCUT2D eigenvalue weighted by atomic mass is 32.1. The topological polar surface area (TPSA) is 59.5 Å². The van der Waals surface area contributed by atoms with Gasteiger partial charge in [0.05, 0.1) is 22.5 Å². The zero-order valence-electron chi connectivity index (χ0n) is 20.5. The molecule has 6 rings (SSSR count). The van der Waals surface area contributed by atoms with Gasteiger partial charge < -0.3 is 18.9 Å². The highest BCUT2D eigenvalue weighted by Crippen LogP contribution is 2.55. The van der Waals surface area contributed by atoms with Gasteiger partial charge in [0.15, 0.2) is 33.8 Å². The van der Waals surface area contributed by atoms with Gasteiger partial charge in [0, 0.05) is 5.41 Å². The van der Waals surface area contributed by atoms with E-state index in [1.165, 1.54) is 4.88 Å². The first-order valence-electron chi connectivity index (χ1n) is 11.7. The number of rotatable bonds is 2. The molecule has 35 heavy (non-hydrogen) atoms. The lowest BCUT2D eigenvalue weighted by atomic mass is 9.71. The molecule has 6 nitrogen and oxygen atoms in total. The molecule has 3 aliphatic rings. The molecule has 6 heterocycles. The van der Waals surface area contributed by atoms with Crippen LogP contribution in [0.4, 0.5) is 0 Å². The fraction of sp³-hybridized carbons (Fsp3) is 0.520. The van der Waals surface area contributed by atoms with Gasteiger partial charge in [0.25, 0.3) is 13.2 Å². The summed E-state index contributed by atoms with van der Waals surface area (Å²) >= 11 is 4.94. The Balaban J connectivity index is 1.71. The Kier molecular flexibility index (Phi) is 5.51. The zero-order chi connectivity index (χ0) is 24.5. The van der Waals surface area contributed by atoms with Crippen LogP contribution in [-0.2, 0) is 10.7 Å². The second kappa shape index (κ2) is 8.25. The molecular formula is C25H27BO6S3+2. The summed E-state index contributed by atoms with van der Waals surface area (Å²) in [5.41, 5.74) is 1.40. The van der Waals surface area contributed by atoms with E-state index in [9.17, 15) is 0 Å². The van der Waals surface area contributed by atoms with Gasteiger partial charge in [-0.1, -0.05) is 34.6 Å². The van der Waals surface area contributed by atoms with E-state index >= 15 is 0 Å². The largest absolute Gasteiger partial charge is 0.485 e. The third-order valence-electron chi connectivity index (χ3n) is 5.88. The Morgan fingerprint density at radius 3 is 1.83 bits per heavy atom. The molecule has 3 aromatic rings. The lowest BCUT2D eigenvalue weighted by Gasteiger charge is -2.22. The Morgan fingerprint density at radius 1 is 0.629 bits per heavy atom. The molecule has 0 N–H and O–H groups in total. The molecule has 0 unspecified atom stereocenters. The quantitative estimate of drug-likeness (QED) is 0.366. The van der Waals surface area contributed by atoms with Gasteiger partial charge in [-0.15, -0.1) is 34.0 Å². The smallest absolute Gasteiger partial charge is 0.405 e. The number of hydrogen-bond donors (Lipinski definition) is 0. The first-order chi connectivity index (χ1) is 16.6. The number of ether oxygens (including phenoxy) is 4. The molecule has 0 amide bonds. The van der Waals surface area contributed by atoms with Crippen LogP contribution >= 0.6 is 34.0 Å². The minimum atomic E-state index is -0.565. The molecule has 0 atom stereocenters. The number of hydrogen-bond acceptors (Lipinski definition) is 7. The Bertz CT molecular complexity index is 1530. The number of thiophene rings is 3. The van der Waals surface area contributed by atoms with Crippen LogP contribution in [0.3, 0.4) is 0 Å². The van der Waals surface area contributed by atoms with E-state index in [-0.39, 0.29) is 5.41 Å². The van der Waals surface area contributed by atoms with Crippen LogP contribution in [0.15, 0.2) is 8.85 Å². The molecule has 0 bridgehead atoms. The first kappa shape index (κ1) is 23.4. The van der Waals surface area contributed by atoms with Crippen LogP contribution in [0, 0.1) is 9.06 Å². The van der Waals surface area contributed by atoms with Crippen molar-refractivity contribution in [2.75, 3.05) is 39.6 Å². The van der Waals surface area contributed by atoms with Gasteiger partial charge in [-0.25, -0.2) is 8.85 Å². The SMILES string of the molecule is [B]C(C)(C)c1s/c(=c2/sc(-c3sc(C(C)(C)C)c4c3OCCO4)c3c2=[O+]CCO3)c2c1OCC[O+]=2. The van der Waals surface area contributed by atoms with Crippen molar-refractivity contribution in [3.8, 4) is 32.8 Å².